The average molecular weight is 256 g/mol. The van der Waals surface area contributed by atoms with E-state index in [1.807, 2.05) is 6.92 Å². The lowest BCUT2D eigenvalue weighted by Gasteiger charge is -2.00. The van der Waals surface area contributed by atoms with Crippen LogP contribution in [0.25, 0.3) is 6.08 Å². The fourth-order valence-corrected chi connectivity index (χ4v) is 1.37. The number of rotatable bonds is 3. The second kappa shape index (κ2) is 4.91. The van der Waals surface area contributed by atoms with Crippen LogP contribution in [0.4, 0.5) is 0 Å². The summed E-state index contributed by atoms with van der Waals surface area (Å²) in [5.74, 6) is -0.879. The number of hydrogen-bond donors (Lipinski definition) is 1. The molecule has 1 heterocycles. The molecule has 0 unspecified atom stereocenters. The van der Waals surface area contributed by atoms with Crippen molar-refractivity contribution in [3.05, 3.63) is 34.1 Å². The number of aromatic nitrogens is 1. The van der Waals surface area contributed by atoms with Crippen LogP contribution in [0.2, 0.25) is 0 Å². The number of halogens is 1. The number of carboxylic acid groups (broad SMARTS) is 1. The predicted octanol–water partition coefficient (Wildman–Crippen LogP) is 2.72. The van der Waals surface area contributed by atoms with E-state index >= 15 is 0 Å². The van der Waals surface area contributed by atoms with Crippen LogP contribution in [0, 0.1) is 0 Å². The maximum atomic E-state index is 10.7. The molecule has 0 bridgehead atoms. The van der Waals surface area contributed by atoms with E-state index in [0.717, 1.165) is 10.0 Å². The van der Waals surface area contributed by atoms with Gasteiger partial charge in [0.05, 0.1) is 0 Å². The molecule has 1 aromatic rings. The van der Waals surface area contributed by atoms with Crippen LogP contribution >= 0.6 is 15.9 Å². The summed E-state index contributed by atoms with van der Waals surface area (Å²) in [6.07, 6.45) is 5.42. The van der Waals surface area contributed by atoms with E-state index in [4.69, 9.17) is 5.11 Å². The highest BCUT2D eigenvalue weighted by atomic mass is 79.9. The van der Waals surface area contributed by atoms with E-state index in [1.165, 1.54) is 0 Å². The van der Waals surface area contributed by atoms with Gasteiger partial charge in [0.25, 0.3) is 0 Å². The molecule has 0 spiro atoms. The van der Waals surface area contributed by atoms with Crippen LogP contribution in [0.5, 0.6) is 0 Å². The zero-order valence-electron chi connectivity index (χ0n) is 7.70. The SMILES string of the molecule is CC/C(=C\c1ccncc1Br)C(=O)O. The number of pyridine rings is 1. The first-order valence-electron chi connectivity index (χ1n) is 4.18. The van der Waals surface area contributed by atoms with Crippen molar-refractivity contribution in [1.82, 2.24) is 4.98 Å². The minimum atomic E-state index is -0.879. The van der Waals surface area contributed by atoms with Crippen molar-refractivity contribution in [2.45, 2.75) is 13.3 Å². The summed E-state index contributed by atoms with van der Waals surface area (Å²) in [5, 5.41) is 8.83. The maximum Gasteiger partial charge on any atom is 0.331 e. The van der Waals surface area contributed by atoms with E-state index in [9.17, 15) is 4.79 Å². The van der Waals surface area contributed by atoms with Gasteiger partial charge in [-0.1, -0.05) is 6.92 Å². The topological polar surface area (TPSA) is 50.2 Å². The average Bonchev–Trinajstić information content (AvgIpc) is 2.16. The van der Waals surface area contributed by atoms with Crippen LogP contribution in [0.1, 0.15) is 18.9 Å². The van der Waals surface area contributed by atoms with Crippen LogP contribution in [-0.4, -0.2) is 16.1 Å². The lowest BCUT2D eigenvalue weighted by atomic mass is 10.1. The third-order valence-corrected chi connectivity index (χ3v) is 2.45. The van der Waals surface area contributed by atoms with Gasteiger partial charge in [0.15, 0.2) is 0 Å². The number of aliphatic carboxylic acids is 1. The van der Waals surface area contributed by atoms with Crippen molar-refractivity contribution < 1.29 is 9.90 Å². The first-order chi connectivity index (χ1) is 6.65. The molecular weight excluding hydrogens is 246 g/mol. The van der Waals surface area contributed by atoms with Crippen molar-refractivity contribution in [3.8, 4) is 0 Å². The quantitative estimate of drug-likeness (QED) is 0.846. The summed E-state index contributed by atoms with van der Waals surface area (Å²) >= 11 is 3.30. The standard InChI is InChI=1S/C10H10BrNO2/c1-2-7(10(13)14)5-8-3-4-12-6-9(8)11/h3-6H,2H2,1H3,(H,13,14)/b7-5+. The zero-order valence-corrected chi connectivity index (χ0v) is 9.28. The molecule has 74 valence electrons. The number of carbonyl (C=O) groups is 1. The number of carboxylic acids is 1. The van der Waals surface area contributed by atoms with Crippen LogP contribution in [0.15, 0.2) is 28.5 Å². The van der Waals surface area contributed by atoms with Crippen LogP contribution in [0.3, 0.4) is 0 Å². The molecule has 1 N–H and O–H groups in total. The zero-order chi connectivity index (χ0) is 10.6. The molecule has 3 nitrogen and oxygen atoms in total. The van der Waals surface area contributed by atoms with Crippen LogP contribution in [-0.2, 0) is 4.79 Å². The highest BCUT2D eigenvalue weighted by Gasteiger charge is 2.05. The Morgan fingerprint density at radius 2 is 2.43 bits per heavy atom. The molecular formula is C10H10BrNO2. The molecule has 0 saturated heterocycles. The van der Waals surface area contributed by atoms with Gasteiger partial charge in [-0.25, -0.2) is 4.79 Å². The van der Waals surface area contributed by atoms with Gasteiger partial charge in [0, 0.05) is 22.4 Å². The van der Waals surface area contributed by atoms with Crippen molar-refractivity contribution >= 4 is 28.0 Å². The summed E-state index contributed by atoms with van der Waals surface area (Å²) in [5.41, 5.74) is 1.22. The third kappa shape index (κ3) is 2.67. The molecule has 1 rings (SSSR count). The molecule has 0 fully saturated rings. The van der Waals surface area contributed by atoms with E-state index in [1.54, 1.807) is 24.5 Å². The number of nitrogens with zero attached hydrogens (tertiary/aromatic N) is 1. The van der Waals surface area contributed by atoms with Gasteiger partial charge in [-0.15, -0.1) is 0 Å². The summed E-state index contributed by atoms with van der Waals surface area (Å²) in [6, 6.07) is 1.77. The summed E-state index contributed by atoms with van der Waals surface area (Å²) in [7, 11) is 0. The summed E-state index contributed by atoms with van der Waals surface area (Å²) in [6.45, 7) is 1.81. The molecule has 0 amide bonds. The van der Waals surface area contributed by atoms with E-state index in [0.29, 0.717) is 12.0 Å². The van der Waals surface area contributed by atoms with Crippen molar-refractivity contribution in [1.29, 1.82) is 0 Å². The van der Waals surface area contributed by atoms with Gasteiger partial charge < -0.3 is 5.11 Å². The molecule has 4 heteroatoms. The fourth-order valence-electron chi connectivity index (χ4n) is 1.01. The van der Waals surface area contributed by atoms with Crippen molar-refractivity contribution in [3.63, 3.8) is 0 Å². The molecule has 0 saturated carbocycles. The van der Waals surface area contributed by atoms with Gasteiger partial charge in [-0.3, -0.25) is 4.98 Å². The lowest BCUT2D eigenvalue weighted by Crippen LogP contribution is -1.98. The van der Waals surface area contributed by atoms with E-state index < -0.39 is 5.97 Å². The minimum absolute atomic E-state index is 0.386. The van der Waals surface area contributed by atoms with Gasteiger partial charge in [-0.2, -0.15) is 0 Å². The monoisotopic (exact) mass is 255 g/mol. The van der Waals surface area contributed by atoms with Crippen molar-refractivity contribution in [2.75, 3.05) is 0 Å². The first kappa shape index (κ1) is 10.9. The van der Waals surface area contributed by atoms with Gasteiger partial charge in [0.2, 0.25) is 0 Å². The predicted molar refractivity (Wildman–Crippen MR) is 57.8 cm³/mol. The van der Waals surface area contributed by atoms with E-state index in [-0.39, 0.29) is 0 Å². The Labute approximate surface area is 90.6 Å². The molecule has 0 aliphatic carbocycles. The van der Waals surface area contributed by atoms with Crippen molar-refractivity contribution in [2.24, 2.45) is 0 Å². The fraction of sp³-hybridized carbons (Fsp3) is 0.200. The third-order valence-electron chi connectivity index (χ3n) is 1.79. The Hall–Kier alpha value is -1.16. The molecule has 0 aromatic carbocycles. The first-order valence-corrected chi connectivity index (χ1v) is 4.97. The second-order valence-electron chi connectivity index (χ2n) is 2.73. The molecule has 1 aromatic heterocycles. The Bertz CT molecular complexity index is 374. The summed E-state index contributed by atoms with van der Waals surface area (Å²) in [4.78, 5) is 14.6. The molecule has 0 aliphatic rings. The van der Waals surface area contributed by atoms with Gasteiger partial charge >= 0.3 is 5.97 Å². The van der Waals surface area contributed by atoms with Gasteiger partial charge in [0.1, 0.15) is 0 Å². The number of hydrogen-bond acceptors (Lipinski definition) is 2. The van der Waals surface area contributed by atoms with E-state index in [2.05, 4.69) is 20.9 Å². The Kier molecular flexibility index (Phi) is 3.83. The maximum absolute atomic E-state index is 10.7. The molecule has 14 heavy (non-hydrogen) atoms. The Morgan fingerprint density at radius 1 is 1.71 bits per heavy atom. The minimum Gasteiger partial charge on any atom is -0.478 e. The highest BCUT2D eigenvalue weighted by Crippen LogP contribution is 2.18. The largest absolute Gasteiger partial charge is 0.478 e. The molecule has 0 aliphatic heterocycles. The highest BCUT2D eigenvalue weighted by molar-refractivity contribution is 9.10. The Balaban J connectivity index is 3.07. The smallest absolute Gasteiger partial charge is 0.331 e. The lowest BCUT2D eigenvalue weighted by molar-refractivity contribution is -0.132. The molecule has 0 radical (unpaired) electrons. The molecule has 0 atom stereocenters. The normalized spacial score (nSPS) is 11.4. The van der Waals surface area contributed by atoms with Crippen LogP contribution < -0.4 is 0 Å². The second-order valence-corrected chi connectivity index (χ2v) is 3.58. The van der Waals surface area contributed by atoms with Gasteiger partial charge in [-0.05, 0) is 40.1 Å². The summed E-state index contributed by atoms with van der Waals surface area (Å²) < 4.78 is 0.798. The Morgan fingerprint density at radius 3 is 2.93 bits per heavy atom.